The van der Waals surface area contributed by atoms with Crippen LogP contribution in [0.1, 0.15) is 16.1 Å². The number of furan rings is 1. The zero-order valence-electron chi connectivity index (χ0n) is 9.26. The van der Waals surface area contributed by atoms with Crippen molar-refractivity contribution in [3.8, 4) is 0 Å². The van der Waals surface area contributed by atoms with Crippen LogP contribution in [0.4, 0.5) is 0 Å². The highest BCUT2D eigenvalue weighted by Gasteiger charge is 2.13. The normalized spacial score (nSPS) is 10.2. The minimum atomic E-state index is -0.0781. The van der Waals surface area contributed by atoms with Gasteiger partial charge in [0.1, 0.15) is 5.76 Å². The number of carbonyl (C=O) groups is 1. The molecule has 0 radical (unpaired) electrons. The predicted octanol–water partition coefficient (Wildman–Crippen LogP) is 2.71. The topological polar surface area (TPSA) is 46.3 Å². The van der Waals surface area contributed by atoms with Crippen LogP contribution in [0.5, 0.6) is 0 Å². The third-order valence-electron chi connectivity index (χ3n) is 2.28. The second-order valence-corrected chi connectivity index (χ2v) is 4.39. The first kappa shape index (κ1) is 11.9. The summed E-state index contributed by atoms with van der Waals surface area (Å²) in [5, 5.41) is 0. The SMILES string of the molecule is CN(Cc1ccc(Br)o1)C(=O)c1cccnc1. The molecule has 2 aromatic heterocycles. The van der Waals surface area contributed by atoms with E-state index in [1.165, 1.54) is 0 Å². The fraction of sp³-hybridized carbons (Fsp3) is 0.167. The van der Waals surface area contributed by atoms with E-state index >= 15 is 0 Å². The smallest absolute Gasteiger partial charge is 0.255 e. The minimum absolute atomic E-state index is 0.0781. The Balaban J connectivity index is 2.06. The molecule has 0 aromatic carbocycles. The van der Waals surface area contributed by atoms with Gasteiger partial charge in [-0.3, -0.25) is 9.78 Å². The molecule has 2 aromatic rings. The van der Waals surface area contributed by atoms with Crippen molar-refractivity contribution in [3.05, 3.63) is 52.7 Å². The molecule has 5 heteroatoms. The molecule has 0 aliphatic heterocycles. The molecule has 0 unspecified atom stereocenters. The number of pyridine rings is 1. The van der Waals surface area contributed by atoms with Gasteiger partial charge in [0, 0.05) is 19.4 Å². The highest BCUT2D eigenvalue weighted by atomic mass is 79.9. The lowest BCUT2D eigenvalue weighted by molar-refractivity contribution is 0.0774. The zero-order chi connectivity index (χ0) is 12.3. The van der Waals surface area contributed by atoms with Gasteiger partial charge in [0.15, 0.2) is 4.67 Å². The molecule has 0 atom stereocenters. The summed E-state index contributed by atoms with van der Waals surface area (Å²) in [7, 11) is 1.73. The molecule has 0 aliphatic carbocycles. The zero-order valence-corrected chi connectivity index (χ0v) is 10.8. The van der Waals surface area contributed by atoms with Crippen molar-refractivity contribution < 1.29 is 9.21 Å². The third kappa shape index (κ3) is 2.94. The standard InChI is InChI=1S/C12H11BrN2O2/c1-15(8-10-4-5-11(13)17-10)12(16)9-3-2-6-14-7-9/h2-7H,8H2,1H3. The van der Waals surface area contributed by atoms with Crippen molar-refractivity contribution in [1.82, 2.24) is 9.88 Å². The number of aromatic nitrogens is 1. The first-order chi connectivity index (χ1) is 8.16. The number of carbonyl (C=O) groups excluding carboxylic acids is 1. The average molecular weight is 295 g/mol. The maximum Gasteiger partial charge on any atom is 0.255 e. The number of hydrogen-bond acceptors (Lipinski definition) is 3. The molecule has 0 N–H and O–H groups in total. The summed E-state index contributed by atoms with van der Waals surface area (Å²) in [4.78, 5) is 17.5. The second-order valence-electron chi connectivity index (χ2n) is 3.61. The lowest BCUT2D eigenvalue weighted by Gasteiger charge is -2.15. The fourth-order valence-electron chi connectivity index (χ4n) is 1.45. The van der Waals surface area contributed by atoms with Gasteiger partial charge in [-0.2, -0.15) is 0 Å². The van der Waals surface area contributed by atoms with Gasteiger partial charge in [-0.1, -0.05) is 0 Å². The maximum atomic E-state index is 12.0. The van der Waals surface area contributed by atoms with Crippen molar-refractivity contribution in [2.45, 2.75) is 6.54 Å². The molecule has 0 bridgehead atoms. The Kier molecular flexibility index (Phi) is 3.58. The summed E-state index contributed by atoms with van der Waals surface area (Å²) in [6.07, 6.45) is 3.19. The Morgan fingerprint density at radius 1 is 1.47 bits per heavy atom. The second kappa shape index (κ2) is 5.14. The van der Waals surface area contributed by atoms with Crippen LogP contribution in [-0.4, -0.2) is 22.8 Å². The summed E-state index contributed by atoms with van der Waals surface area (Å²) in [6, 6.07) is 7.11. The summed E-state index contributed by atoms with van der Waals surface area (Å²) >= 11 is 3.22. The summed E-state index contributed by atoms with van der Waals surface area (Å²) in [5.41, 5.74) is 0.570. The van der Waals surface area contributed by atoms with E-state index in [1.807, 2.05) is 6.07 Å². The van der Waals surface area contributed by atoms with Crippen molar-refractivity contribution in [1.29, 1.82) is 0 Å². The van der Waals surface area contributed by atoms with Gasteiger partial charge in [-0.15, -0.1) is 0 Å². The number of hydrogen-bond donors (Lipinski definition) is 0. The Morgan fingerprint density at radius 3 is 2.88 bits per heavy atom. The number of rotatable bonds is 3. The van der Waals surface area contributed by atoms with E-state index in [-0.39, 0.29) is 5.91 Å². The molecule has 17 heavy (non-hydrogen) atoms. The Labute approximate surface area is 107 Å². The number of nitrogens with zero attached hydrogens (tertiary/aromatic N) is 2. The molecular formula is C12H11BrN2O2. The molecule has 2 heterocycles. The first-order valence-corrected chi connectivity index (χ1v) is 5.86. The quantitative estimate of drug-likeness (QED) is 0.874. The first-order valence-electron chi connectivity index (χ1n) is 5.06. The van der Waals surface area contributed by atoms with Gasteiger partial charge in [-0.05, 0) is 40.2 Å². The Bertz CT molecular complexity index is 510. The maximum absolute atomic E-state index is 12.0. The molecule has 0 saturated carbocycles. The van der Waals surface area contributed by atoms with E-state index in [0.29, 0.717) is 16.8 Å². The number of halogens is 1. The van der Waals surface area contributed by atoms with Crippen LogP contribution in [0, 0.1) is 0 Å². The van der Waals surface area contributed by atoms with Crippen molar-refractivity contribution >= 4 is 21.8 Å². The molecular weight excluding hydrogens is 284 g/mol. The van der Waals surface area contributed by atoms with Gasteiger partial charge < -0.3 is 9.32 Å². The summed E-state index contributed by atoms with van der Waals surface area (Å²) in [5.74, 6) is 0.655. The molecule has 0 spiro atoms. The molecule has 1 amide bonds. The van der Waals surface area contributed by atoms with Gasteiger partial charge in [0.2, 0.25) is 0 Å². The van der Waals surface area contributed by atoms with Crippen LogP contribution in [0.3, 0.4) is 0 Å². The van der Waals surface area contributed by atoms with Crippen molar-refractivity contribution in [2.75, 3.05) is 7.05 Å². The van der Waals surface area contributed by atoms with E-state index in [1.54, 1.807) is 42.5 Å². The molecule has 4 nitrogen and oxygen atoms in total. The van der Waals surface area contributed by atoms with Crippen LogP contribution in [0.15, 0.2) is 45.7 Å². The van der Waals surface area contributed by atoms with Gasteiger partial charge >= 0.3 is 0 Å². The van der Waals surface area contributed by atoms with Gasteiger partial charge in [-0.25, -0.2) is 0 Å². The van der Waals surface area contributed by atoms with Crippen LogP contribution < -0.4 is 0 Å². The molecule has 0 fully saturated rings. The van der Waals surface area contributed by atoms with Gasteiger partial charge in [0.05, 0.1) is 12.1 Å². The lowest BCUT2D eigenvalue weighted by Crippen LogP contribution is -2.26. The highest BCUT2D eigenvalue weighted by Crippen LogP contribution is 2.16. The monoisotopic (exact) mass is 294 g/mol. The van der Waals surface area contributed by atoms with E-state index < -0.39 is 0 Å². The van der Waals surface area contributed by atoms with Gasteiger partial charge in [0.25, 0.3) is 5.91 Å². The Hall–Kier alpha value is -1.62. The van der Waals surface area contributed by atoms with Crippen LogP contribution >= 0.6 is 15.9 Å². The lowest BCUT2D eigenvalue weighted by atomic mass is 10.2. The summed E-state index contributed by atoms with van der Waals surface area (Å²) < 4.78 is 6.01. The van der Waals surface area contributed by atoms with Crippen molar-refractivity contribution in [3.63, 3.8) is 0 Å². The van der Waals surface area contributed by atoms with Crippen molar-refractivity contribution in [2.24, 2.45) is 0 Å². The van der Waals surface area contributed by atoms with E-state index in [4.69, 9.17) is 4.42 Å². The van der Waals surface area contributed by atoms with E-state index in [2.05, 4.69) is 20.9 Å². The predicted molar refractivity (Wildman–Crippen MR) is 66.4 cm³/mol. The average Bonchev–Trinajstić information content (AvgIpc) is 2.75. The largest absolute Gasteiger partial charge is 0.452 e. The minimum Gasteiger partial charge on any atom is -0.452 e. The molecule has 88 valence electrons. The van der Waals surface area contributed by atoms with E-state index in [0.717, 1.165) is 5.76 Å². The number of amides is 1. The van der Waals surface area contributed by atoms with Crippen LogP contribution in [0.25, 0.3) is 0 Å². The summed E-state index contributed by atoms with van der Waals surface area (Å²) in [6.45, 7) is 0.430. The molecule has 0 aliphatic rings. The van der Waals surface area contributed by atoms with Crippen LogP contribution in [0.2, 0.25) is 0 Å². The van der Waals surface area contributed by atoms with Crippen LogP contribution in [-0.2, 0) is 6.54 Å². The molecule has 0 saturated heterocycles. The third-order valence-corrected chi connectivity index (χ3v) is 2.70. The highest BCUT2D eigenvalue weighted by molar-refractivity contribution is 9.10. The van der Waals surface area contributed by atoms with E-state index in [9.17, 15) is 4.79 Å². The fourth-order valence-corrected chi connectivity index (χ4v) is 1.79. The Morgan fingerprint density at radius 2 is 2.29 bits per heavy atom. The molecule has 2 rings (SSSR count).